The summed E-state index contributed by atoms with van der Waals surface area (Å²) >= 11 is 0. The molecule has 0 unspecified atom stereocenters. The highest BCUT2D eigenvalue weighted by Crippen LogP contribution is 2.60. The first kappa shape index (κ1) is 24.6. The molecule has 1 N–H and O–H groups in total. The van der Waals surface area contributed by atoms with Crippen LogP contribution in [0.25, 0.3) is 11.1 Å². The first-order valence-corrected chi connectivity index (χ1v) is 12.8. The summed E-state index contributed by atoms with van der Waals surface area (Å²) in [6.45, 7) is 6.54. The second-order valence-electron chi connectivity index (χ2n) is 10.4. The number of alkyl halides is 2. The third kappa shape index (κ3) is 3.88. The third-order valence-corrected chi connectivity index (χ3v) is 8.14. The van der Waals surface area contributed by atoms with Gasteiger partial charge in [0, 0.05) is 60.1 Å². The number of carbonyl (C=O) groups is 2. The van der Waals surface area contributed by atoms with Gasteiger partial charge in [0.25, 0.3) is 11.8 Å². The summed E-state index contributed by atoms with van der Waals surface area (Å²) in [5.41, 5.74) is 4.02. The van der Waals surface area contributed by atoms with Crippen molar-refractivity contribution in [2.24, 2.45) is 17.8 Å². The van der Waals surface area contributed by atoms with Crippen LogP contribution in [0, 0.1) is 24.7 Å². The zero-order chi connectivity index (χ0) is 26.8. The third-order valence-electron chi connectivity index (χ3n) is 8.14. The summed E-state index contributed by atoms with van der Waals surface area (Å²) in [5.74, 6) is -2.17. The van der Waals surface area contributed by atoms with Gasteiger partial charge >= 0.3 is 0 Å². The van der Waals surface area contributed by atoms with Crippen LogP contribution in [0.5, 0.6) is 0 Å². The van der Waals surface area contributed by atoms with Crippen LogP contribution in [-0.4, -0.2) is 41.5 Å². The minimum atomic E-state index is -3.14. The molecule has 1 saturated carbocycles. The maximum absolute atomic E-state index is 13.7. The molecule has 3 aliphatic rings. The molecule has 0 radical (unpaired) electrons. The number of halogens is 2. The van der Waals surface area contributed by atoms with E-state index in [1.165, 1.54) is 12.3 Å². The molecule has 2 fully saturated rings. The lowest BCUT2D eigenvalue weighted by atomic mass is 9.54. The van der Waals surface area contributed by atoms with Crippen LogP contribution in [0.2, 0.25) is 0 Å². The topological polar surface area (TPSA) is 84.4 Å². The van der Waals surface area contributed by atoms with Crippen molar-refractivity contribution in [1.29, 1.82) is 0 Å². The summed E-state index contributed by atoms with van der Waals surface area (Å²) < 4.78 is 33.1. The Morgan fingerprint density at radius 2 is 1.89 bits per heavy atom. The van der Waals surface area contributed by atoms with Crippen molar-refractivity contribution < 1.29 is 23.1 Å². The van der Waals surface area contributed by atoms with E-state index in [1.54, 1.807) is 17.2 Å². The van der Waals surface area contributed by atoms with E-state index in [2.05, 4.69) is 16.4 Å². The summed E-state index contributed by atoms with van der Waals surface area (Å²) in [5, 5.41) is 2.81. The van der Waals surface area contributed by atoms with Crippen LogP contribution in [0.1, 0.15) is 46.9 Å². The Bertz CT molecular complexity index is 1450. The van der Waals surface area contributed by atoms with Gasteiger partial charge in [0.2, 0.25) is 5.91 Å². The smallest absolute Gasteiger partial charge is 0.286 e. The van der Waals surface area contributed by atoms with E-state index in [1.807, 2.05) is 26.0 Å². The summed E-state index contributed by atoms with van der Waals surface area (Å²) in [6.07, 6.45) is 2.97. The first-order valence-electron chi connectivity index (χ1n) is 12.8. The molecule has 1 aromatic carbocycles. The molecule has 1 saturated heterocycles. The number of nitrogens with one attached hydrogen (secondary N) is 1. The van der Waals surface area contributed by atoms with E-state index in [0.29, 0.717) is 31.4 Å². The Morgan fingerprint density at radius 1 is 1.13 bits per heavy atom. The van der Waals surface area contributed by atoms with E-state index in [9.17, 15) is 18.4 Å². The van der Waals surface area contributed by atoms with Gasteiger partial charge in [0.05, 0.1) is 19.1 Å². The molecule has 0 bridgehead atoms. The number of rotatable bonds is 5. The predicted octanol–water partition coefficient (Wildman–Crippen LogP) is 5.16. The van der Waals surface area contributed by atoms with Crippen molar-refractivity contribution in [3.05, 3.63) is 71.2 Å². The lowest BCUT2D eigenvalue weighted by Gasteiger charge is -2.52. The Morgan fingerprint density at radius 3 is 2.63 bits per heavy atom. The predicted molar refractivity (Wildman–Crippen MR) is 138 cm³/mol. The van der Waals surface area contributed by atoms with Crippen LogP contribution >= 0.6 is 0 Å². The summed E-state index contributed by atoms with van der Waals surface area (Å²) in [4.78, 5) is 36.3. The molecule has 38 heavy (non-hydrogen) atoms. The van der Waals surface area contributed by atoms with Gasteiger partial charge in [0.15, 0.2) is 0 Å². The van der Waals surface area contributed by atoms with Gasteiger partial charge in [-0.2, -0.15) is 8.78 Å². The molecular weight excluding hydrogens is 490 g/mol. The van der Waals surface area contributed by atoms with Crippen LogP contribution in [0.4, 0.5) is 20.3 Å². The minimum absolute atomic E-state index is 0.0699. The van der Waals surface area contributed by atoms with E-state index in [-0.39, 0.29) is 29.2 Å². The number of aryl methyl sites for hydroxylation is 1. The molecule has 2 aromatic heterocycles. The van der Waals surface area contributed by atoms with Crippen LogP contribution in [-0.2, 0) is 15.5 Å². The van der Waals surface area contributed by atoms with Gasteiger partial charge in [-0.3, -0.25) is 19.5 Å². The Labute approximate surface area is 219 Å². The van der Waals surface area contributed by atoms with E-state index >= 15 is 0 Å². The molecule has 2 amide bonds. The summed E-state index contributed by atoms with van der Waals surface area (Å²) in [7, 11) is 0. The fraction of sp³-hybridized carbons (Fsp3) is 0.379. The zero-order valence-electron chi connectivity index (χ0n) is 21.4. The fourth-order valence-corrected chi connectivity index (χ4v) is 6.18. The fourth-order valence-electron chi connectivity index (χ4n) is 6.18. The van der Waals surface area contributed by atoms with Gasteiger partial charge < -0.3 is 10.1 Å². The number of amides is 2. The average Bonchev–Trinajstić information content (AvgIpc) is 3.28. The number of carbonyl (C=O) groups excluding carboxylic acids is 2. The van der Waals surface area contributed by atoms with Crippen LogP contribution in [0.15, 0.2) is 48.8 Å². The van der Waals surface area contributed by atoms with Crippen LogP contribution < -0.4 is 10.2 Å². The van der Waals surface area contributed by atoms with E-state index < -0.39 is 17.5 Å². The molecule has 3 aromatic rings. The van der Waals surface area contributed by atoms with Crippen LogP contribution in [0.3, 0.4) is 0 Å². The Kier molecular flexibility index (Phi) is 5.79. The van der Waals surface area contributed by atoms with Gasteiger partial charge in [-0.1, -0.05) is 6.07 Å². The van der Waals surface area contributed by atoms with Crippen molar-refractivity contribution in [3.63, 3.8) is 0 Å². The standard InChI is InChI=1S/C29H28F2N4O3/c1-4-35-26-20(24-21-13-38-14-22(21)25(24)28(35)37)9-17(12-33-26)19-11-18(6-5-15(19)2)34-27(36)16-7-8-32-23(10-16)29(3,30)31/h5-12,21-22,24-25H,4,13-14H2,1-3H3,(H,34,36)/t21-,22+,24+,25-/m0/s1. The van der Waals surface area contributed by atoms with Gasteiger partial charge in [-0.15, -0.1) is 0 Å². The normalized spacial score (nSPS) is 23.8. The van der Waals surface area contributed by atoms with Crippen molar-refractivity contribution in [3.8, 4) is 11.1 Å². The van der Waals surface area contributed by atoms with E-state index in [4.69, 9.17) is 9.72 Å². The Hall–Kier alpha value is -3.72. The van der Waals surface area contributed by atoms with Gasteiger partial charge in [0.1, 0.15) is 11.5 Å². The monoisotopic (exact) mass is 518 g/mol. The lowest BCUT2D eigenvalue weighted by molar-refractivity contribution is -0.132. The molecule has 1 aliphatic carbocycles. The van der Waals surface area contributed by atoms with Crippen molar-refractivity contribution >= 4 is 23.3 Å². The van der Waals surface area contributed by atoms with Crippen molar-refractivity contribution in [2.45, 2.75) is 32.6 Å². The quantitative estimate of drug-likeness (QED) is 0.505. The zero-order valence-corrected chi connectivity index (χ0v) is 21.4. The van der Waals surface area contributed by atoms with Gasteiger partial charge in [-0.25, -0.2) is 4.98 Å². The first-order chi connectivity index (χ1) is 18.2. The number of hydrogen-bond donors (Lipinski definition) is 1. The second-order valence-corrected chi connectivity index (χ2v) is 10.4. The highest BCUT2D eigenvalue weighted by atomic mass is 19.3. The minimum Gasteiger partial charge on any atom is -0.381 e. The molecular formula is C29H28F2N4O3. The average molecular weight is 519 g/mol. The number of hydrogen-bond acceptors (Lipinski definition) is 5. The highest BCUT2D eigenvalue weighted by molar-refractivity contribution is 6.04. The number of nitrogens with zero attached hydrogens (tertiary/aromatic N) is 3. The van der Waals surface area contributed by atoms with Gasteiger partial charge in [-0.05, 0) is 61.2 Å². The number of pyridine rings is 2. The molecule has 4 atom stereocenters. The second kappa shape index (κ2) is 8.94. The summed E-state index contributed by atoms with van der Waals surface area (Å²) in [6, 6.07) is 10.2. The van der Waals surface area contributed by atoms with Crippen molar-refractivity contribution in [1.82, 2.24) is 9.97 Å². The molecule has 6 rings (SSSR count). The number of anilines is 2. The van der Waals surface area contributed by atoms with Crippen molar-refractivity contribution in [2.75, 3.05) is 30.0 Å². The SMILES string of the molecule is CCN1C(=O)[C@H]2[C@@H]3COC[C@@H]3[C@H]2c2cc(-c3cc(NC(=O)c4ccnc(C(C)(F)F)c4)ccc3C)cnc21. The number of ether oxygens (including phenoxy) is 1. The largest absolute Gasteiger partial charge is 0.381 e. The number of benzene rings is 1. The Balaban J connectivity index is 1.32. The molecule has 4 heterocycles. The lowest BCUT2D eigenvalue weighted by Crippen LogP contribution is -2.57. The van der Waals surface area contributed by atoms with E-state index in [0.717, 1.165) is 41.1 Å². The maximum atomic E-state index is 13.7. The molecule has 2 aliphatic heterocycles. The maximum Gasteiger partial charge on any atom is 0.286 e. The molecule has 7 nitrogen and oxygen atoms in total. The molecule has 0 spiro atoms. The highest BCUT2D eigenvalue weighted by Gasteiger charge is 2.60. The number of aromatic nitrogens is 2. The molecule has 196 valence electrons. The molecule has 9 heteroatoms. The number of fused-ring (bicyclic) bond motifs is 6.